The van der Waals surface area contributed by atoms with E-state index < -0.39 is 10.0 Å². The minimum Gasteiger partial charge on any atom is -0.411 e. The highest BCUT2D eigenvalue weighted by Crippen LogP contribution is 2.29. The monoisotopic (exact) mass is 492 g/mol. The number of hydrogen-bond acceptors (Lipinski definition) is 7. The summed E-state index contributed by atoms with van der Waals surface area (Å²) < 4.78 is 32.9. The lowest BCUT2D eigenvalue weighted by Gasteiger charge is -2.26. The number of halogens is 1. The van der Waals surface area contributed by atoms with Gasteiger partial charge in [0, 0.05) is 18.7 Å². The molecule has 2 aromatic carbocycles. The summed E-state index contributed by atoms with van der Waals surface area (Å²) in [5.74, 6) is -0.00777. The summed E-state index contributed by atoms with van der Waals surface area (Å²) in [6.07, 6.45) is 2.71. The molecule has 168 valence electrons. The van der Waals surface area contributed by atoms with Crippen LogP contribution < -0.4 is 5.32 Å². The Morgan fingerprint density at radius 2 is 1.84 bits per heavy atom. The van der Waals surface area contributed by atoms with Gasteiger partial charge in [-0.15, -0.1) is 10.2 Å². The Balaban J connectivity index is 1.40. The van der Waals surface area contributed by atoms with Gasteiger partial charge in [-0.2, -0.15) is 4.31 Å². The summed E-state index contributed by atoms with van der Waals surface area (Å²) >= 11 is 7.27. The third-order valence-corrected chi connectivity index (χ3v) is 7.96. The van der Waals surface area contributed by atoms with Gasteiger partial charge in [-0.3, -0.25) is 4.79 Å². The van der Waals surface area contributed by atoms with Crippen LogP contribution in [0.2, 0.25) is 5.02 Å². The van der Waals surface area contributed by atoms with Crippen molar-refractivity contribution in [2.45, 2.75) is 29.4 Å². The molecule has 1 aliphatic rings. The predicted octanol–water partition coefficient (Wildman–Crippen LogP) is 4.30. The fourth-order valence-corrected chi connectivity index (χ4v) is 5.57. The SMILES string of the molecule is O=C(CSc1nnc(-c2ccccc2)o1)Nc1cc(S(=O)(=O)N2CCCCC2)ccc1Cl. The number of hydrogen-bond donors (Lipinski definition) is 1. The molecule has 8 nitrogen and oxygen atoms in total. The third kappa shape index (κ3) is 5.32. The van der Waals surface area contributed by atoms with Crippen molar-refractivity contribution in [2.75, 3.05) is 24.2 Å². The molecule has 0 unspecified atom stereocenters. The highest BCUT2D eigenvalue weighted by molar-refractivity contribution is 7.99. The lowest BCUT2D eigenvalue weighted by atomic mass is 10.2. The van der Waals surface area contributed by atoms with Crippen LogP contribution in [0.25, 0.3) is 11.5 Å². The number of amides is 1. The van der Waals surface area contributed by atoms with Gasteiger partial charge in [0.05, 0.1) is 21.4 Å². The topological polar surface area (TPSA) is 105 Å². The molecule has 0 radical (unpaired) electrons. The van der Waals surface area contributed by atoms with Crippen LogP contribution in [0.5, 0.6) is 0 Å². The van der Waals surface area contributed by atoms with Crippen LogP contribution >= 0.6 is 23.4 Å². The van der Waals surface area contributed by atoms with Gasteiger partial charge in [-0.05, 0) is 43.2 Å². The Labute approximate surface area is 195 Å². The number of nitrogens with one attached hydrogen (secondary N) is 1. The number of rotatable bonds is 7. The van der Waals surface area contributed by atoms with Crippen LogP contribution in [-0.4, -0.2) is 47.7 Å². The smallest absolute Gasteiger partial charge is 0.277 e. The second-order valence-corrected chi connectivity index (χ2v) is 10.5. The van der Waals surface area contributed by atoms with Gasteiger partial charge >= 0.3 is 0 Å². The van der Waals surface area contributed by atoms with E-state index in [0.717, 1.165) is 36.6 Å². The first-order valence-corrected chi connectivity index (χ1v) is 12.8. The molecular formula is C21H21ClN4O4S2. The first-order chi connectivity index (χ1) is 15.4. The van der Waals surface area contributed by atoms with Gasteiger partial charge in [-0.1, -0.05) is 48.0 Å². The zero-order valence-electron chi connectivity index (χ0n) is 17.0. The largest absolute Gasteiger partial charge is 0.411 e. The van der Waals surface area contributed by atoms with E-state index in [9.17, 15) is 13.2 Å². The number of thioether (sulfide) groups is 1. The number of piperidine rings is 1. The number of sulfonamides is 1. The normalized spacial score (nSPS) is 14.9. The van der Waals surface area contributed by atoms with Gasteiger partial charge < -0.3 is 9.73 Å². The molecule has 0 saturated carbocycles. The molecule has 1 amide bonds. The maximum Gasteiger partial charge on any atom is 0.277 e. The van der Waals surface area contributed by atoms with Crippen molar-refractivity contribution < 1.29 is 17.6 Å². The number of anilines is 1. The summed E-state index contributed by atoms with van der Waals surface area (Å²) in [6.45, 7) is 0.997. The number of carbonyl (C=O) groups is 1. The van der Waals surface area contributed by atoms with E-state index in [4.69, 9.17) is 16.0 Å². The summed E-state index contributed by atoms with van der Waals surface area (Å²) in [7, 11) is -3.63. The van der Waals surface area contributed by atoms with Gasteiger partial charge in [0.1, 0.15) is 0 Å². The molecule has 0 aliphatic carbocycles. The van der Waals surface area contributed by atoms with Crippen LogP contribution in [-0.2, 0) is 14.8 Å². The molecule has 1 aliphatic heterocycles. The van der Waals surface area contributed by atoms with Crippen molar-refractivity contribution in [1.29, 1.82) is 0 Å². The first kappa shape index (κ1) is 22.8. The van der Waals surface area contributed by atoms with E-state index in [1.54, 1.807) is 0 Å². The molecule has 1 N–H and O–H groups in total. The van der Waals surface area contributed by atoms with E-state index in [2.05, 4.69) is 15.5 Å². The zero-order chi connectivity index (χ0) is 22.6. The molecular weight excluding hydrogens is 472 g/mol. The fraction of sp³-hybridized carbons (Fsp3) is 0.286. The molecule has 0 spiro atoms. The van der Waals surface area contributed by atoms with Crippen molar-refractivity contribution in [3.8, 4) is 11.5 Å². The Morgan fingerprint density at radius 3 is 2.59 bits per heavy atom. The van der Waals surface area contributed by atoms with Crippen LogP contribution in [0.4, 0.5) is 5.69 Å². The average Bonchev–Trinajstić information content (AvgIpc) is 3.29. The lowest BCUT2D eigenvalue weighted by Crippen LogP contribution is -2.35. The minimum absolute atomic E-state index is 0.00411. The zero-order valence-corrected chi connectivity index (χ0v) is 19.4. The van der Waals surface area contributed by atoms with E-state index >= 15 is 0 Å². The predicted molar refractivity (Wildman–Crippen MR) is 123 cm³/mol. The second kappa shape index (κ2) is 10.0. The second-order valence-electron chi connectivity index (χ2n) is 7.18. The molecule has 1 fully saturated rings. The van der Waals surface area contributed by atoms with E-state index in [0.29, 0.717) is 19.0 Å². The number of benzene rings is 2. The van der Waals surface area contributed by atoms with E-state index in [-0.39, 0.29) is 32.5 Å². The minimum atomic E-state index is -3.63. The number of carbonyl (C=O) groups excluding carboxylic acids is 1. The van der Waals surface area contributed by atoms with Crippen molar-refractivity contribution in [1.82, 2.24) is 14.5 Å². The van der Waals surface area contributed by atoms with Crippen LogP contribution in [0, 0.1) is 0 Å². The van der Waals surface area contributed by atoms with Crippen molar-refractivity contribution in [3.05, 3.63) is 53.6 Å². The maximum atomic E-state index is 12.9. The highest BCUT2D eigenvalue weighted by atomic mass is 35.5. The molecule has 32 heavy (non-hydrogen) atoms. The molecule has 1 aromatic heterocycles. The van der Waals surface area contributed by atoms with Gasteiger partial charge in [0.15, 0.2) is 0 Å². The summed E-state index contributed by atoms with van der Waals surface area (Å²) in [5.41, 5.74) is 1.03. The lowest BCUT2D eigenvalue weighted by molar-refractivity contribution is -0.113. The number of aromatic nitrogens is 2. The van der Waals surface area contributed by atoms with Crippen LogP contribution in [0.15, 0.2) is 63.1 Å². The Bertz CT molecular complexity index is 1200. The quantitative estimate of drug-likeness (QED) is 0.490. The van der Waals surface area contributed by atoms with Crippen molar-refractivity contribution in [3.63, 3.8) is 0 Å². The van der Waals surface area contributed by atoms with Gasteiger partial charge in [0.2, 0.25) is 21.8 Å². The molecule has 2 heterocycles. The van der Waals surface area contributed by atoms with E-state index in [1.807, 2.05) is 30.3 Å². The van der Waals surface area contributed by atoms with Crippen molar-refractivity contribution in [2.24, 2.45) is 0 Å². The molecule has 0 atom stereocenters. The summed E-state index contributed by atoms with van der Waals surface area (Å²) in [4.78, 5) is 12.5. The number of nitrogens with zero attached hydrogens (tertiary/aromatic N) is 3. The average molecular weight is 493 g/mol. The Morgan fingerprint density at radius 1 is 1.09 bits per heavy atom. The van der Waals surface area contributed by atoms with Gasteiger partial charge in [-0.25, -0.2) is 8.42 Å². The van der Waals surface area contributed by atoms with E-state index in [1.165, 1.54) is 22.5 Å². The molecule has 0 bridgehead atoms. The van der Waals surface area contributed by atoms with Gasteiger partial charge in [0.25, 0.3) is 5.22 Å². The van der Waals surface area contributed by atoms with Crippen LogP contribution in [0.1, 0.15) is 19.3 Å². The molecule has 3 aromatic rings. The standard InChI is InChI=1S/C21H21ClN4O4S2/c22-17-10-9-16(32(28,29)26-11-5-2-6-12-26)13-18(17)23-19(27)14-31-21-25-24-20(30-21)15-7-3-1-4-8-15/h1,3-4,7-10,13H,2,5-6,11-12,14H2,(H,23,27). The van der Waals surface area contributed by atoms with Crippen molar-refractivity contribution >= 4 is 45.0 Å². The molecule has 4 rings (SSSR count). The Kier molecular flexibility index (Phi) is 7.14. The molecule has 1 saturated heterocycles. The maximum absolute atomic E-state index is 12.9. The van der Waals surface area contributed by atoms with Crippen LogP contribution in [0.3, 0.4) is 0 Å². The first-order valence-electron chi connectivity index (χ1n) is 10.0. The summed E-state index contributed by atoms with van der Waals surface area (Å²) in [6, 6.07) is 13.6. The fourth-order valence-electron chi connectivity index (χ4n) is 3.29. The highest BCUT2D eigenvalue weighted by Gasteiger charge is 2.26. The molecule has 11 heteroatoms. The third-order valence-electron chi connectivity index (χ3n) is 4.92. The Hall–Kier alpha value is -2.40. The summed E-state index contributed by atoms with van der Waals surface area (Å²) in [5, 5.41) is 11.1.